The van der Waals surface area contributed by atoms with Gasteiger partial charge in [-0.1, -0.05) is 6.07 Å². The van der Waals surface area contributed by atoms with E-state index in [1.54, 1.807) is 18.3 Å². The van der Waals surface area contributed by atoms with Gasteiger partial charge < -0.3 is 4.98 Å². The lowest BCUT2D eigenvalue weighted by molar-refractivity contribution is 0.125. The first-order chi connectivity index (χ1) is 6.33. The normalized spacial score (nSPS) is 10.9. The van der Waals surface area contributed by atoms with Crippen molar-refractivity contribution in [3.05, 3.63) is 35.8 Å². The Morgan fingerprint density at radius 2 is 2.31 bits per heavy atom. The van der Waals surface area contributed by atoms with E-state index in [0.29, 0.717) is 5.39 Å². The van der Waals surface area contributed by atoms with Crippen LogP contribution in [0, 0.1) is 5.82 Å². The molecule has 1 heterocycles. The van der Waals surface area contributed by atoms with Gasteiger partial charge in [-0.15, -0.1) is 0 Å². The molecular formula is C9H9FN2O. The van der Waals surface area contributed by atoms with Gasteiger partial charge in [-0.2, -0.15) is 0 Å². The highest BCUT2D eigenvalue weighted by molar-refractivity contribution is 5.83. The minimum absolute atomic E-state index is 0.209. The summed E-state index contributed by atoms with van der Waals surface area (Å²) in [4.78, 5) is 7.40. The highest BCUT2D eigenvalue weighted by atomic mass is 19.1. The molecule has 68 valence electrons. The van der Waals surface area contributed by atoms with Crippen LogP contribution in [0.1, 0.15) is 5.56 Å². The average Bonchev–Trinajstić information content (AvgIpc) is 2.51. The lowest BCUT2D eigenvalue weighted by Gasteiger charge is -1.96. The molecule has 0 fully saturated rings. The Hall–Kier alpha value is -1.39. The first-order valence-electron chi connectivity index (χ1n) is 3.89. The summed E-state index contributed by atoms with van der Waals surface area (Å²) in [6.07, 6.45) is 1.70. The number of hydrogen-bond acceptors (Lipinski definition) is 2. The van der Waals surface area contributed by atoms with Gasteiger partial charge in [-0.05, 0) is 12.1 Å². The van der Waals surface area contributed by atoms with Gasteiger partial charge in [-0.25, -0.2) is 10.3 Å². The molecule has 0 saturated carbocycles. The molecule has 0 saturated heterocycles. The zero-order valence-electron chi connectivity index (χ0n) is 6.88. The predicted molar refractivity (Wildman–Crippen MR) is 47.2 cm³/mol. The second kappa shape index (κ2) is 3.16. The molecule has 0 aliphatic rings. The first-order valence-corrected chi connectivity index (χ1v) is 3.89. The molecule has 0 aliphatic heterocycles. The number of fused-ring (bicyclic) bond motifs is 1. The Bertz CT molecular complexity index is 424. The predicted octanol–water partition coefficient (Wildman–Crippen LogP) is 1.70. The maximum absolute atomic E-state index is 13.3. The monoisotopic (exact) mass is 180 g/mol. The van der Waals surface area contributed by atoms with Crippen LogP contribution in [0.4, 0.5) is 4.39 Å². The van der Waals surface area contributed by atoms with Crippen molar-refractivity contribution in [1.29, 1.82) is 0 Å². The summed E-state index contributed by atoms with van der Waals surface area (Å²) in [7, 11) is 0. The van der Waals surface area contributed by atoms with Crippen molar-refractivity contribution in [2.75, 3.05) is 0 Å². The van der Waals surface area contributed by atoms with Crippen molar-refractivity contribution in [2.24, 2.45) is 5.90 Å². The summed E-state index contributed by atoms with van der Waals surface area (Å²) in [6, 6.07) is 4.87. The van der Waals surface area contributed by atoms with Crippen molar-refractivity contribution in [2.45, 2.75) is 6.61 Å². The van der Waals surface area contributed by atoms with Crippen LogP contribution in [-0.4, -0.2) is 4.98 Å². The molecule has 1 aromatic heterocycles. The molecule has 1 aromatic carbocycles. The van der Waals surface area contributed by atoms with Crippen LogP contribution in [0.15, 0.2) is 24.4 Å². The van der Waals surface area contributed by atoms with Crippen LogP contribution in [0.2, 0.25) is 0 Å². The molecule has 2 aromatic rings. The number of hydrogen-bond donors (Lipinski definition) is 2. The minimum atomic E-state index is -0.259. The van der Waals surface area contributed by atoms with E-state index in [9.17, 15) is 4.39 Å². The summed E-state index contributed by atoms with van der Waals surface area (Å²) < 4.78 is 13.3. The third-order valence-electron chi connectivity index (χ3n) is 1.98. The van der Waals surface area contributed by atoms with Gasteiger partial charge in [0.25, 0.3) is 0 Å². The second-order valence-electron chi connectivity index (χ2n) is 2.79. The van der Waals surface area contributed by atoms with Crippen LogP contribution in [0.5, 0.6) is 0 Å². The minimum Gasteiger partial charge on any atom is -0.361 e. The number of benzene rings is 1. The molecule has 0 aliphatic carbocycles. The number of rotatable bonds is 2. The van der Waals surface area contributed by atoms with E-state index in [-0.39, 0.29) is 12.4 Å². The Balaban J connectivity index is 2.64. The summed E-state index contributed by atoms with van der Waals surface area (Å²) in [5, 5.41) is 0.549. The van der Waals surface area contributed by atoms with Crippen LogP contribution in [0.25, 0.3) is 10.9 Å². The van der Waals surface area contributed by atoms with Crippen LogP contribution < -0.4 is 5.90 Å². The maximum Gasteiger partial charge on any atom is 0.132 e. The highest BCUT2D eigenvalue weighted by Crippen LogP contribution is 2.21. The quantitative estimate of drug-likeness (QED) is 0.691. The van der Waals surface area contributed by atoms with Crippen molar-refractivity contribution in [3.8, 4) is 0 Å². The van der Waals surface area contributed by atoms with Gasteiger partial charge in [0, 0.05) is 22.7 Å². The number of nitrogens with two attached hydrogens (primary N) is 1. The van der Waals surface area contributed by atoms with Gasteiger partial charge in [0.2, 0.25) is 0 Å². The Labute approximate surface area is 74.3 Å². The molecule has 0 amide bonds. The zero-order chi connectivity index (χ0) is 9.26. The number of nitrogens with one attached hydrogen (secondary N) is 1. The van der Waals surface area contributed by atoms with E-state index in [4.69, 9.17) is 5.90 Å². The van der Waals surface area contributed by atoms with E-state index < -0.39 is 0 Å². The van der Waals surface area contributed by atoms with Crippen LogP contribution in [-0.2, 0) is 11.4 Å². The van der Waals surface area contributed by atoms with E-state index >= 15 is 0 Å². The number of aromatic nitrogens is 1. The summed E-state index contributed by atoms with van der Waals surface area (Å²) in [5.41, 5.74) is 1.49. The molecule has 2 rings (SSSR count). The van der Waals surface area contributed by atoms with Gasteiger partial charge >= 0.3 is 0 Å². The summed E-state index contributed by atoms with van der Waals surface area (Å²) in [6.45, 7) is 0.209. The lowest BCUT2D eigenvalue weighted by atomic mass is 10.2. The molecule has 3 N–H and O–H groups in total. The summed E-state index contributed by atoms with van der Waals surface area (Å²) >= 11 is 0. The molecule has 0 spiro atoms. The van der Waals surface area contributed by atoms with Gasteiger partial charge in [-0.3, -0.25) is 4.84 Å². The number of halogens is 1. The fourth-order valence-corrected chi connectivity index (χ4v) is 1.41. The van der Waals surface area contributed by atoms with Crippen LogP contribution in [0.3, 0.4) is 0 Å². The Kier molecular flexibility index (Phi) is 2.00. The van der Waals surface area contributed by atoms with E-state index in [2.05, 4.69) is 9.82 Å². The molecular weight excluding hydrogens is 171 g/mol. The van der Waals surface area contributed by atoms with E-state index in [1.165, 1.54) is 6.07 Å². The fourth-order valence-electron chi connectivity index (χ4n) is 1.41. The van der Waals surface area contributed by atoms with Crippen molar-refractivity contribution < 1.29 is 9.23 Å². The van der Waals surface area contributed by atoms with Crippen molar-refractivity contribution in [3.63, 3.8) is 0 Å². The van der Waals surface area contributed by atoms with Gasteiger partial charge in [0.05, 0.1) is 6.61 Å². The van der Waals surface area contributed by atoms with Crippen molar-refractivity contribution in [1.82, 2.24) is 4.98 Å². The standard InChI is InChI=1S/C9H9FN2O/c10-7-2-1-3-8-9(7)6(4-12-8)5-13-11/h1-4,12H,5,11H2. The molecule has 0 radical (unpaired) electrons. The van der Waals surface area contributed by atoms with Gasteiger partial charge in [0.1, 0.15) is 5.82 Å². The number of aromatic amines is 1. The molecule has 0 bridgehead atoms. The molecule has 0 atom stereocenters. The smallest absolute Gasteiger partial charge is 0.132 e. The maximum atomic E-state index is 13.3. The molecule has 4 heteroatoms. The van der Waals surface area contributed by atoms with Gasteiger partial charge in [0.15, 0.2) is 0 Å². The Morgan fingerprint density at radius 1 is 1.46 bits per heavy atom. The number of H-pyrrole nitrogens is 1. The summed E-state index contributed by atoms with van der Waals surface area (Å²) in [5.74, 6) is 4.67. The zero-order valence-corrected chi connectivity index (χ0v) is 6.88. The van der Waals surface area contributed by atoms with E-state index in [1.807, 2.05) is 0 Å². The average molecular weight is 180 g/mol. The molecule has 13 heavy (non-hydrogen) atoms. The SMILES string of the molecule is NOCc1c[nH]c2cccc(F)c12. The first kappa shape index (κ1) is 8.22. The fraction of sp³-hybridized carbons (Fsp3) is 0.111. The topological polar surface area (TPSA) is 51.0 Å². The highest BCUT2D eigenvalue weighted by Gasteiger charge is 2.07. The van der Waals surface area contributed by atoms with Crippen molar-refractivity contribution >= 4 is 10.9 Å². The largest absolute Gasteiger partial charge is 0.361 e. The third-order valence-corrected chi connectivity index (χ3v) is 1.98. The Morgan fingerprint density at radius 3 is 3.08 bits per heavy atom. The molecule has 3 nitrogen and oxygen atoms in total. The third kappa shape index (κ3) is 1.30. The second-order valence-corrected chi connectivity index (χ2v) is 2.79. The lowest BCUT2D eigenvalue weighted by Crippen LogP contribution is -1.98. The van der Waals surface area contributed by atoms with E-state index in [0.717, 1.165) is 11.1 Å². The van der Waals surface area contributed by atoms with Crippen LogP contribution >= 0.6 is 0 Å². The molecule has 0 unspecified atom stereocenters.